The molecule has 1 aliphatic rings. The molecule has 2 rings (SSSR count). The molecule has 0 saturated carbocycles. The molecular formula is C10H14N2O2. The molecule has 4 heteroatoms. The van der Waals surface area contributed by atoms with Crippen LogP contribution >= 0.6 is 0 Å². The molecule has 2 N–H and O–H groups in total. The molecule has 0 saturated heterocycles. The lowest BCUT2D eigenvalue weighted by Gasteiger charge is -2.12. The van der Waals surface area contributed by atoms with Crippen LogP contribution in [0, 0.1) is 0 Å². The van der Waals surface area contributed by atoms with E-state index in [1.54, 1.807) is 12.4 Å². The molecule has 0 radical (unpaired) electrons. The van der Waals surface area contributed by atoms with Gasteiger partial charge in [0, 0.05) is 30.1 Å². The van der Waals surface area contributed by atoms with Crippen LogP contribution in [0.1, 0.15) is 22.8 Å². The van der Waals surface area contributed by atoms with Crippen LogP contribution < -0.4 is 5.32 Å². The zero-order chi connectivity index (χ0) is 9.97. The van der Waals surface area contributed by atoms with E-state index in [9.17, 15) is 5.11 Å². The van der Waals surface area contributed by atoms with Gasteiger partial charge < -0.3 is 15.2 Å². The second kappa shape index (κ2) is 4.04. The van der Waals surface area contributed by atoms with E-state index >= 15 is 0 Å². The number of likely N-dealkylation sites (N-methyl/N-ethyl adjacent to an activating group) is 1. The van der Waals surface area contributed by atoms with Crippen LogP contribution in [0.4, 0.5) is 0 Å². The van der Waals surface area contributed by atoms with Gasteiger partial charge in [0.25, 0.3) is 0 Å². The molecule has 0 amide bonds. The number of hydrogen-bond acceptors (Lipinski definition) is 4. The highest BCUT2D eigenvalue weighted by atomic mass is 16.5. The lowest BCUT2D eigenvalue weighted by molar-refractivity contribution is 0.131. The van der Waals surface area contributed by atoms with Crippen LogP contribution in [0.2, 0.25) is 0 Å². The van der Waals surface area contributed by atoms with Crippen LogP contribution in [0.15, 0.2) is 12.4 Å². The first-order chi connectivity index (χ1) is 6.83. The molecule has 0 aliphatic carbocycles. The van der Waals surface area contributed by atoms with Crippen molar-refractivity contribution < 1.29 is 9.84 Å². The van der Waals surface area contributed by atoms with Crippen LogP contribution in [-0.2, 0) is 18.0 Å². The van der Waals surface area contributed by atoms with E-state index in [-0.39, 0.29) is 0 Å². The molecule has 0 bridgehead atoms. The van der Waals surface area contributed by atoms with Gasteiger partial charge >= 0.3 is 0 Å². The van der Waals surface area contributed by atoms with Gasteiger partial charge in [-0.25, -0.2) is 0 Å². The van der Waals surface area contributed by atoms with E-state index in [4.69, 9.17) is 4.74 Å². The van der Waals surface area contributed by atoms with Gasteiger partial charge in [-0.15, -0.1) is 0 Å². The van der Waals surface area contributed by atoms with Gasteiger partial charge in [0.15, 0.2) is 0 Å². The topological polar surface area (TPSA) is 54.4 Å². The zero-order valence-electron chi connectivity index (χ0n) is 8.16. The SMILES string of the molecule is CNCC(O)c1cncc2c1COC2. The number of pyridine rings is 1. The van der Waals surface area contributed by atoms with Crippen molar-refractivity contribution in [3.05, 3.63) is 29.1 Å². The maximum atomic E-state index is 9.83. The lowest BCUT2D eigenvalue weighted by atomic mass is 10.0. The maximum Gasteiger partial charge on any atom is 0.0932 e. The molecule has 76 valence electrons. The van der Waals surface area contributed by atoms with Gasteiger partial charge in [-0.1, -0.05) is 0 Å². The second-order valence-corrected chi connectivity index (χ2v) is 3.43. The van der Waals surface area contributed by atoms with Crippen molar-refractivity contribution in [1.29, 1.82) is 0 Å². The lowest BCUT2D eigenvalue weighted by Crippen LogP contribution is -2.18. The minimum atomic E-state index is -0.496. The Bertz CT molecular complexity index is 328. The molecule has 4 nitrogen and oxygen atoms in total. The number of ether oxygens (including phenoxy) is 1. The predicted molar refractivity (Wildman–Crippen MR) is 51.6 cm³/mol. The molecule has 1 aromatic rings. The Kier molecular flexibility index (Phi) is 2.77. The van der Waals surface area contributed by atoms with Crippen LogP contribution in [-0.4, -0.2) is 23.7 Å². The van der Waals surface area contributed by atoms with Gasteiger partial charge in [-0.05, 0) is 12.6 Å². The second-order valence-electron chi connectivity index (χ2n) is 3.43. The molecule has 1 atom stereocenters. The fraction of sp³-hybridized carbons (Fsp3) is 0.500. The summed E-state index contributed by atoms with van der Waals surface area (Å²) in [5.41, 5.74) is 3.08. The Balaban J connectivity index is 2.29. The summed E-state index contributed by atoms with van der Waals surface area (Å²) in [6, 6.07) is 0. The van der Waals surface area contributed by atoms with Crippen molar-refractivity contribution in [3.63, 3.8) is 0 Å². The van der Waals surface area contributed by atoms with Crippen molar-refractivity contribution in [2.75, 3.05) is 13.6 Å². The Hall–Kier alpha value is -0.970. The smallest absolute Gasteiger partial charge is 0.0932 e. The molecule has 0 aromatic carbocycles. The molecule has 1 aliphatic heterocycles. The number of aliphatic hydroxyl groups excluding tert-OH is 1. The average Bonchev–Trinajstić information content (AvgIpc) is 2.65. The summed E-state index contributed by atoms with van der Waals surface area (Å²) in [6.45, 7) is 1.74. The normalized spacial score (nSPS) is 16.7. The van der Waals surface area contributed by atoms with E-state index < -0.39 is 6.10 Å². The summed E-state index contributed by atoms with van der Waals surface area (Å²) >= 11 is 0. The van der Waals surface area contributed by atoms with Gasteiger partial charge in [-0.2, -0.15) is 0 Å². The van der Waals surface area contributed by atoms with Gasteiger partial charge in [-0.3, -0.25) is 4.98 Å². The highest BCUT2D eigenvalue weighted by molar-refractivity contribution is 5.34. The number of fused-ring (bicyclic) bond motifs is 1. The summed E-state index contributed by atoms with van der Waals surface area (Å²) in [5, 5.41) is 12.8. The third kappa shape index (κ3) is 1.64. The molecule has 2 heterocycles. The molecule has 0 fully saturated rings. The van der Waals surface area contributed by atoms with Gasteiger partial charge in [0.1, 0.15) is 0 Å². The standard InChI is InChI=1S/C10H14N2O2/c1-11-4-10(13)8-3-12-2-7-5-14-6-9(7)8/h2-3,10-11,13H,4-6H2,1H3. The first-order valence-electron chi connectivity index (χ1n) is 4.69. The van der Waals surface area contributed by atoms with E-state index in [1.807, 2.05) is 7.05 Å². The van der Waals surface area contributed by atoms with Crippen molar-refractivity contribution in [3.8, 4) is 0 Å². The number of rotatable bonds is 3. The highest BCUT2D eigenvalue weighted by Gasteiger charge is 2.19. The molecular weight excluding hydrogens is 180 g/mol. The van der Waals surface area contributed by atoms with Gasteiger partial charge in [0.05, 0.1) is 19.3 Å². The fourth-order valence-corrected chi connectivity index (χ4v) is 1.70. The van der Waals surface area contributed by atoms with Crippen molar-refractivity contribution >= 4 is 0 Å². The summed E-state index contributed by atoms with van der Waals surface area (Å²) in [6.07, 6.45) is 3.03. The zero-order valence-corrected chi connectivity index (χ0v) is 8.16. The molecule has 14 heavy (non-hydrogen) atoms. The Labute approximate surface area is 82.9 Å². The van der Waals surface area contributed by atoms with E-state index in [0.29, 0.717) is 19.8 Å². The van der Waals surface area contributed by atoms with Crippen molar-refractivity contribution in [1.82, 2.24) is 10.3 Å². The number of nitrogens with one attached hydrogen (secondary N) is 1. The molecule has 1 unspecified atom stereocenters. The number of aromatic nitrogens is 1. The summed E-state index contributed by atoms with van der Waals surface area (Å²) < 4.78 is 5.31. The average molecular weight is 194 g/mol. The van der Waals surface area contributed by atoms with E-state index in [2.05, 4.69) is 10.3 Å². The molecule has 1 aromatic heterocycles. The highest BCUT2D eigenvalue weighted by Crippen LogP contribution is 2.26. The van der Waals surface area contributed by atoms with Crippen LogP contribution in [0.5, 0.6) is 0 Å². The minimum Gasteiger partial charge on any atom is -0.387 e. The fourth-order valence-electron chi connectivity index (χ4n) is 1.70. The van der Waals surface area contributed by atoms with Gasteiger partial charge in [0.2, 0.25) is 0 Å². The van der Waals surface area contributed by atoms with Crippen molar-refractivity contribution in [2.45, 2.75) is 19.3 Å². The van der Waals surface area contributed by atoms with Crippen LogP contribution in [0.25, 0.3) is 0 Å². The maximum absolute atomic E-state index is 9.83. The number of nitrogens with zero attached hydrogens (tertiary/aromatic N) is 1. The van der Waals surface area contributed by atoms with E-state index in [0.717, 1.165) is 16.7 Å². The summed E-state index contributed by atoms with van der Waals surface area (Å²) in [4.78, 5) is 4.09. The van der Waals surface area contributed by atoms with Crippen LogP contribution in [0.3, 0.4) is 0 Å². The number of hydrogen-bond donors (Lipinski definition) is 2. The minimum absolute atomic E-state index is 0.496. The third-order valence-electron chi connectivity index (χ3n) is 2.44. The van der Waals surface area contributed by atoms with Crippen molar-refractivity contribution in [2.24, 2.45) is 0 Å². The molecule has 0 spiro atoms. The largest absolute Gasteiger partial charge is 0.387 e. The Morgan fingerprint density at radius 1 is 1.57 bits per heavy atom. The Morgan fingerprint density at radius 3 is 3.21 bits per heavy atom. The third-order valence-corrected chi connectivity index (χ3v) is 2.44. The summed E-state index contributed by atoms with van der Waals surface area (Å²) in [5.74, 6) is 0. The quantitative estimate of drug-likeness (QED) is 0.729. The predicted octanol–water partition coefficient (Wildman–Crippen LogP) is 0.365. The number of aliphatic hydroxyl groups is 1. The summed E-state index contributed by atoms with van der Waals surface area (Å²) in [7, 11) is 1.82. The van der Waals surface area contributed by atoms with E-state index in [1.165, 1.54) is 0 Å². The Morgan fingerprint density at radius 2 is 2.43 bits per heavy atom. The first-order valence-corrected chi connectivity index (χ1v) is 4.69. The first kappa shape index (κ1) is 9.58. The monoisotopic (exact) mass is 194 g/mol.